The predicted octanol–water partition coefficient (Wildman–Crippen LogP) is 5.43. The van der Waals surface area contributed by atoms with Gasteiger partial charge in [0.1, 0.15) is 5.00 Å². The summed E-state index contributed by atoms with van der Waals surface area (Å²) in [5.74, 6) is -0.442. The van der Waals surface area contributed by atoms with Crippen LogP contribution in [0.1, 0.15) is 43.6 Å². The summed E-state index contributed by atoms with van der Waals surface area (Å²) in [5, 5.41) is 6.40. The molecule has 0 saturated heterocycles. The minimum atomic E-state index is -0.224. The molecule has 0 radical (unpaired) electrons. The van der Waals surface area contributed by atoms with Crippen LogP contribution in [0.3, 0.4) is 0 Å². The lowest BCUT2D eigenvalue weighted by Gasteiger charge is -2.09. The highest BCUT2D eigenvalue weighted by atomic mass is 32.1. The van der Waals surface area contributed by atoms with Crippen molar-refractivity contribution in [1.29, 1.82) is 0 Å². The molecular weight excluding hydrogens is 356 g/mol. The van der Waals surface area contributed by atoms with Gasteiger partial charge in [-0.25, -0.2) is 0 Å². The van der Waals surface area contributed by atoms with Crippen LogP contribution in [-0.2, 0) is 6.42 Å². The average Bonchev–Trinajstić information content (AvgIpc) is 2.96. The van der Waals surface area contributed by atoms with Gasteiger partial charge in [-0.3, -0.25) is 9.59 Å². The number of nitrogens with one attached hydrogen (secondary N) is 2. The molecule has 0 aliphatic rings. The van der Waals surface area contributed by atoms with E-state index in [0.717, 1.165) is 22.5 Å². The summed E-state index contributed by atoms with van der Waals surface area (Å²) in [6, 6.07) is 16.8. The number of rotatable bonds is 5. The molecule has 0 aliphatic carbocycles. The Morgan fingerprint density at radius 1 is 0.889 bits per heavy atom. The van der Waals surface area contributed by atoms with E-state index in [-0.39, 0.29) is 11.8 Å². The van der Waals surface area contributed by atoms with Crippen molar-refractivity contribution in [2.75, 3.05) is 10.6 Å². The Labute approximate surface area is 163 Å². The van der Waals surface area contributed by atoms with Gasteiger partial charge < -0.3 is 10.6 Å². The first-order chi connectivity index (χ1) is 13.0. The zero-order valence-corrected chi connectivity index (χ0v) is 16.4. The van der Waals surface area contributed by atoms with E-state index >= 15 is 0 Å². The molecule has 27 heavy (non-hydrogen) atoms. The number of hydrogen-bond acceptors (Lipinski definition) is 3. The normalized spacial score (nSPS) is 10.5. The van der Waals surface area contributed by atoms with Gasteiger partial charge in [0, 0.05) is 16.1 Å². The maximum Gasteiger partial charge on any atom is 0.258 e. The Morgan fingerprint density at radius 2 is 1.56 bits per heavy atom. The summed E-state index contributed by atoms with van der Waals surface area (Å²) in [6.07, 6.45) is 0.951. The van der Waals surface area contributed by atoms with Crippen LogP contribution in [0.5, 0.6) is 0 Å². The van der Waals surface area contributed by atoms with Gasteiger partial charge in [-0.2, -0.15) is 0 Å². The van der Waals surface area contributed by atoms with Gasteiger partial charge in [0.05, 0.1) is 5.56 Å². The third-order valence-electron chi connectivity index (χ3n) is 4.50. The average molecular weight is 378 g/mol. The summed E-state index contributed by atoms with van der Waals surface area (Å²) in [6.45, 7) is 5.94. The molecule has 5 heteroatoms. The molecule has 0 spiro atoms. The van der Waals surface area contributed by atoms with Crippen molar-refractivity contribution < 1.29 is 9.59 Å². The van der Waals surface area contributed by atoms with Crippen molar-refractivity contribution in [2.24, 2.45) is 0 Å². The van der Waals surface area contributed by atoms with Crippen LogP contribution in [0, 0.1) is 13.8 Å². The fraction of sp³-hybridized carbons (Fsp3) is 0.182. The number of thiophene rings is 1. The van der Waals surface area contributed by atoms with E-state index in [1.165, 1.54) is 16.9 Å². The molecule has 0 aliphatic heterocycles. The molecule has 0 fully saturated rings. The summed E-state index contributed by atoms with van der Waals surface area (Å²) < 4.78 is 0. The molecule has 0 unspecified atom stereocenters. The summed E-state index contributed by atoms with van der Waals surface area (Å²) >= 11 is 1.42. The van der Waals surface area contributed by atoms with Gasteiger partial charge in [0.15, 0.2) is 0 Å². The highest BCUT2D eigenvalue weighted by Crippen LogP contribution is 2.33. The number of anilines is 2. The second kappa shape index (κ2) is 8.18. The number of aryl methyl sites for hydroxylation is 2. The maximum atomic E-state index is 12.9. The molecule has 0 bridgehead atoms. The number of amides is 2. The van der Waals surface area contributed by atoms with Gasteiger partial charge in [-0.15, -0.1) is 11.3 Å². The minimum Gasteiger partial charge on any atom is -0.322 e. The maximum absolute atomic E-state index is 12.9. The SMILES string of the molecule is CCc1ccc(NC(=O)c2c(NC(=O)c3ccccc3)sc(C)c2C)cc1. The molecule has 1 heterocycles. The summed E-state index contributed by atoms with van der Waals surface area (Å²) in [7, 11) is 0. The lowest BCUT2D eigenvalue weighted by atomic mass is 10.1. The third kappa shape index (κ3) is 4.26. The number of carbonyl (C=O) groups excluding carboxylic acids is 2. The van der Waals surface area contributed by atoms with Gasteiger partial charge >= 0.3 is 0 Å². The monoisotopic (exact) mass is 378 g/mol. The Balaban J connectivity index is 1.84. The highest BCUT2D eigenvalue weighted by molar-refractivity contribution is 7.16. The smallest absolute Gasteiger partial charge is 0.258 e. The fourth-order valence-corrected chi connectivity index (χ4v) is 3.82. The molecule has 2 N–H and O–H groups in total. The molecule has 2 aromatic carbocycles. The van der Waals surface area contributed by atoms with E-state index in [0.29, 0.717) is 16.1 Å². The number of hydrogen-bond donors (Lipinski definition) is 2. The predicted molar refractivity (Wildman–Crippen MR) is 112 cm³/mol. The second-order valence-electron chi connectivity index (χ2n) is 6.31. The van der Waals surface area contributed by atoms with E-state index in [4.69, 9.17) is 0 Å². The summed E-state index contributed by atoms with van der Waals surface area (Å²) in [4.78, 5) is 26.4. The minimum absolute atomic E-state index is 0.218. The molecule has 0 saturated carbocycles. The van der Waals surface area contributed by atoms with Crippen LogP contribution >= 0.6 is 11.3 Å². The molecule has 3 aromatic rings. The largest absolute Gasteiger partial charge is 0.322 e. The number of carbonyl (C=O) groups is 2. The van der Waals surface area contributed by atoms with Crippen molar-refractivity contribution in [3.8, 4) is 0 Å². The Bertz CT molecular complexity index is 960. The van der Waals surface area contributed by atoms with Gasteiger partial charge in [0.25, 0.3) is 11.8 Å². The first-order valence-corrected chi connectivity index (χ1v) is 9.68. The third-order valence-corrected chi connectivity index (χ3v) is 5.62. The van der Waals surface area contributed by atoms with Crippen LogP contribution in [0.25, 0.3) is 0 Å². The van der Waals surface area contributed by atoms with E-state index in [2.05, 4.69) is 17.6 Å². The standard InChI is InChI=1S/C22H22N2O2S/c1-4-16-10-12-18(13-11-16)23-21(26)19-14(2)15(3)27-22(19)24-20(25)17-8-6-5-7-9-17/h5-13H,4H2,1-3H3,(H,23,26)(H,24,25). The molecule has 138 valence electrons. The van der Waals surface area contributed by atoms with Crippen LogP contribution in [0.2, 0.25) is 0 Å². The molecule has 2 amide bonds. The van der Waals surface area contributed by atoms with Crippen molar-refractivity contribution in [3.63, 3.8) is 0 Å². The topological polar surface area (TPSA) is 58.2 Å². The highest BCUT2D eigenvalue weighted by Gasteiger charge is 2.21. The van der Waals surface area contributed by atoms with E-state index in [1.807, 2.05) is 56.3 Å². The van der Waals surface area contributed by atoms with Crippen molar-refractivity contribution in [3.05, 3.63) is 81.7 Å². The Kier molecular flexibility index (Phi) is 5.72. The van der Waals surface area contributed by atoms with Crippen molar-refractivity contribution in [2.45, 2.75) is 27.2 Å². The summed E-state index contributed by atoms with van der Waals surface area (Å²) in [5.41, 5.74) is 3.90. The van der Waals surface area contributed by atoms with Crippen LogP contribution in [0.15, 0.2) is 54.6 Å². The zero-order chi connectivity index (χ0) is 19.4. The first kappa shape index (κ1) is 18.9. The first-order valence-electron chi connectivity index (χ1n) is 8.86. The number of benzene rings is 2. The molecule has 1 aromatic heterocycles. The van der Waals surface area contributed by atoms with Crippen LogP contribution in [-0.4, -0.2) is 11.8 Å². The van der Waals surface area contributed by atoms with Crippen LogP contribution in [0.4, 0.5) is 10.7 Å². The fourth-order valence-electron chi connectivity index (χ4n) is 2.77. The Hall–Kier alpha value is -2.92. The van der Waals surface area contributed by atoms with Gasteiger partial charge in [0.2, 0.25) is 0 Å². The lowest BCUT2D eigenvalue weighted by molar-refractivity contribution is 0.102. The van der Waals surface area contributed by atoms with Crippen LogP contribution < -0.4 is 10.6 Å². The lowest BCUT2D eigenvalue weighted by Crippen LogP contribution is -2.17. The van der Waals surface area contributed by atoms with E-state index < -0.39 is 0 Å². The molecule has 0 atom stereocenters. The zero-order valence-electron chi connectivity index (χ0n) is 15.6. The van der Waals surface area contributed by atoms with Gasteiger partial charge in [-0.05, 0) is 55.7 Å². The Morgan fingerprint density at radius 3 is 2.19 bits per heavy atom. The molecule has 4 nitrogen and oxygen atoms in total. The molecule has 3 rings (SSSR count). The van der Waals surface area contributed by atoms with E-state index in [1.54, 1.807) is 12.1 Å². The van der Waals surface area contributed by atoms with E-state index in [9.17, 15) is 9.59 Å². The van der Waals surface area contributed by atoms with Crippen molar-refractivity contribution in [1.82, 2.24) is 0 Å². The second-order valence-corrected chi connectivity index (χ2v) is 7.54. The quantitative estimate of drug-likeness (QED) is 0.622. The molecular formula is C22H22N2O2S. The van der Waals surface area contributed by atoms with Gasteiger partial charge in [-0.1, -0.05) is 37.3 Å². The van der Waals surface area contributed by atoms with Crippen molar-refractivity contribution >= 4 is 33.8 Å².